The molecule has 0 saturated carbocycles. The summed E-state index contributed by atoms with van der Waals surface area (Å²) in [6.45, 7) is 3.70. The van der Waals surface area contributed by atoms with Crippen LogP contribution in [0.3, 0.4) is 0 Å². The van der Waals surface area contributed by atoms with Gasteiger partial charge in [0.25, 0.3) is 0 Å². The molecule has 0 amide bonds. The Balaban J connectivity index is 2.79. The summed E-state index contributed by atoms with van der Waals surface area (Å²) in [6.07, 6.45) is 0.744. The second kappa shape index (κ2) is 7.36. The van der Waals surface area contributed by atoms with Gasteiger partial charge < -0.3 is 19.9 Å². The summed E-state index contributed by atoms with van der Waals surface area (Å²) in [5, 5.41) is 0. The van der Waals surface area contributed by atoms with Crippen molar-refractivity contribution < 1.29 is 14.2 Å². The van der Waals surface area contributed by atoms with Crippen LogP contribution in [-0.2, 0) is 15.0 Å². The Morgan fingerprint density at radius 3 is 2.39 bits per heavy atom. The zero-order valence-corrected chi connectivity index (χ0v) is 11.4. The van der Waals surface area contributed by atoms with E-state index in [1.807, 2.05) is 31.2 Å². The van der Waals surface area contributed by atoms with Crippen molar-refractivity contribution >= 4 is 0 Å². The number of methoxy groups -OCH3 is 2. The lowest BCUT2D eigenvalue weighted by Crippen LogP contribution is -2.34. The Morgan fingerprint density at radius 1 is 1.06 bits per heavy atom. The van der Waals surface area contributed by atoms with Crippen LogP contribution in [0, 0.1) is 0 Å². The van der Waals surface area contributed by atoms with Crippen LogP contribution >= 0.6 is 0 Å². The molecule has 4 heteroatoms. The first-order valence-electron chi connectivity index (χ1n) is 6.11. The van der Waals surface area contributed by atoms with Gasteiger partial charge in [-0.05, 0) is 19.4 Å². The van der Waals surface area contributed by atoms with Gasteiger partial charge in [0.15, 0.2) is 0 Å². The molecule has 0 aliphatic rings. The topological polar surface area (TPSA) is 53.7 Å². The van der Waals surface area contributed by atoms with Gasteiger partial charge in [0.05, 0.1) is 6.61 Å². The van der Waals surface area contributed by atoms with Crippen LogP contribution < -0.4 is 10.5 Å². The maximum atomic E-state index is 6.34. The molecule has 1 unspecified atom stereocenters. The van der Waals surface area contributed by atoms with E-state index in [4.69, 9.17) is 19.9 Å². The lowest BCUT2D eigenvalue weighted by Gasteiger charge is -2.27. The van der Waals surface area contributed by atoms with E-state index in [0.29, 0.717) is 19.8 Å². The average molecular weight is 253 g/mol. The van der Waals surface area contributed by atoms with Crippen LogP contribution in [0.2, 0.25) is 0 Å². The zero-order valence-electron chi connectivity index (χ0n) is 11.4. The van der Waals surface area contributed by atoms with Crippen molar-refractivity contribution in [2.24, 2.45) is 5.73 Å². The number of benzene rings is 1. The Bertz CT molecular complexity index is 353. The predicted molar refractivity (Wildman–Crippen MR) is 71.8 cm³/mol. The predicted octanol–water partition coefficient (Wildman–Crippen LogP) is 1.92. The number of ether oxygens (including phenoxy) is 3. The fourth-order valence-corrected chi connectivity index (χ4v) is 1.75. The van der Waals surface area contributed by atoms with E-state index in [9.17, 15) is 0 Å². The normalized spacial score (nSPS) is 14.2. The third-order valence-corrected chi connectivity index (χ3v) is 2.87. The van der Waals surface area contributed by atoms with E-state index in [2.05, 4.69) is 0 Å². The van der Waals surface area contributed by atoms with Crippen LogP contribution in [0.25, 0.3) is 0 Å². The van der Waals surface area contributed by atoms with E-state index in [-0.39, 0.29) is 0 Å². The molecule has 1 aromatic carbocycles. The monoisotopic (exact) mass is 253 g/mol. The van der Waals surface area contributed by atoms with Crippen LogP contribution in [0.1, 0.15) is 18.9 Å². The molecule has 1 atom stereocenters. The number of rotatable bonds is 8. The van der Waals surface area contributed by atoms with Gasteiger partial charge in [-0.25, -0.2) is 0 Å². The van der Waals surface area contributed by atoms with E-state index in [0.717, 1.165) is 17.7 Å². The maximum absolute atomic E-state index is 6.34. The van der Waals surface area contributed by atoms with Gasteiger partial charge in [0.1, 0.15) is 12.4 Å². The molecule has 0 aliphatic carbocycles. The lowest BCUT2D eigenvalue weighted by molar-refractivity contribution is 0.143. The van der Waals surface area contributed by atoms with E-state index >= 15 is 0 Å². The first-order chi connectivity index (χ1) is 8.61. The van der Waals surface area contributed by atoms with E-state index in [1.165, 1.54) is 0 Å². The summed E-state index contributed by atoms with van der Waals surface area (Å²) < 4.78 is 15.8. The van der Waals surface area contributed by atoms with Crippen LogP contribution in [0.15, 0.2) is 24.3 Å². The molecule has 0 aliphatic heterocycles. The molecule has 1 aromatic rings. The second-order valence-electron chi connectivity index (χ2n) is 4.50. The molecular weight excluding hydrogens is 230 g/mol. The number of nitrogens with two attached hydrogens (primary N) is 1. The van der Waals surface area contributed by atoms with Crippen molar-refractivity contribution in [3.8, 4) is 5.75 Å². The summed E-state index contributed by atoms with van der Waals surface area (Å²) >= 11 is 0. The van der Waals surface area contributed by atoms with Crippen LogP contribution in [-0.4, -0.2) is 34.0 Å². The average Bonchev–Trinajstić information content (AvgIpc) is 2.37. The van der Waals surface area contributed by atoms with Gasteiger partial charge in [-0.15, -0.1) is 0 Å². The lowest BCUT2D eigenvalue weighted by atomic mass is 9.89. The molecule has 0 bridgehead atoms. The highest BCUT2D eigenvalue weighted by molar-refractivity contribution is 5.38. The molecule has 0 spiro atoms. The van der Waals surface area contributed by atoms with Crippen molar-refractivity contribution in [3.05, 3.63) is 29.8 Å². The Kier molecular flexibility index (Phi) is 6.12. The first kappa shape index (κ1) is 15.0. The minimum Gasteiger partial charge on any atom is -0.491 e. The van der Waals surface area contributed by atoms with Gasteiger partial charge in [0.2, 0.25) is 0 Å². The highest BCUT2D eigenvalue weighted by atomic mass is 16.5. The first-order valence-corrected chi connectivity index (χ1v) is 6.11. The minimum atomic E-state index is -0.459. The van der Waals surface area contributed by atoms with Crippen LogP contribution in [0.4, 0.5) is 0 Å². The molecule has 0 radical (unpaired) electrons. The van der Waals surface area contributed by atoms with Crippen molar-refractivity contribution in [1.82, 2.24) is 0 Å². The number of hydrogen-bond acceptors (Lipinski definition) is 4. The largest absolute Gasteiger partial charge is 0.491 e. The molecule has 0 heterocycles. The summed E-state index contributed by atoms with van der Waals surface area (Å²) in [5.41, 5.74) is 6.88. The highest BCUT2D eigenvalue weighted by Gasteiger charge is 2.24. The second-order valence-corrected chi connectivity index (χ2v) is 4.50. The fourth-order valence-electron chi connectivity index (χ4n) is 1.75. The molecule has 2 N–H and O–H groups in total. The molecule has 4 nitrogen and oxygen atoms in total. The SMILES string of the molecule is COCCOc1ccccc1C(C)(N)CCOC. The third-order valence-electron chi connectivity index (χ3n) is 2.87. The number of para-hydroxylation sites is 1. The Morgan fingerprint density at radius 2 is 1.72 bits per heavy atom. The van der Waals surface area contributed by atoms with Crippen molar-refractivity contribution in [1.29, 1.82) is 0 Å². The van der Waals surface area contributed by atoms with Crippen molar-refractivity contribution in [2.45, 2.75) is 18.9 Å². The third kappa shape index (κ3) is 4.29. The van der Waals surface area contributed by atoms with Gasteiger partial charge in [-0.2, -0.15) is 0 Å². The maximum Gasteiger partial charge on any atom is 0.124 e. The summed E-state index contributed by atoms with van der Waals surface area (Å²) in [5.74, 6) is 0.815. The molecule has 0 aromatic heterocycles. The quantitative estimate of drug-likeness (QED) is 0.719. The van der Waals surface area contributed by atoms with Gasteiger partial charge in [0, 0.05) is 31.9 Å². The standard InChI is InChI=1S/C14H23NO3/c1-14(15,8-9-16-2)12-6-4-5-7-13(12)18-11-10-17-3/h4-7H,8-11,15H2,1-3H3. The molecule has 0 saturated heterocycles. The zero-order chi connectivity index (χ0) is 13.4. The minimum absolute atomic E-state index is 0.459. The summed E-state index contributed by atoms with van der Waals surface area (Å²) in [4.78, 5) is 0. The fraction of sp³-hybridized carbons (Fsp3) is 0.571. The number of hydrogen-bond donors (Lipinski definition) is 1. The summed E-state index contributed by atoms with van der Waals surface area (Å²) in [7, 11) is 3.33. The van der Waals surface area contributed by atoms with E-state index in [1.54, 1.807) is 14.2 Å². The smallest absolute Gasteiger partial charge is 0.124 e. The molecule has 102 valence electrons. The Hall–Kier alpha value is -1.10. The van der Waals surface area contributed by atoms with Crippen LogP contribution in [0.5, 0.6) is 5.75 Å². The molecular formula is C14H23NO3. The Labute approximate surface area is 109 Å². The molecule has 1 rings (SSSR count). The van der Waals surface area contributed by atoms with Gasteiger partial charge in [-0.3, -0.25) is 0 Å². The van der Waals surface area contributed by atoms with Gasteiger partial charge in [-0.1, -0.05) is 18.2 Å². The molecule has 18 heavy (non-hydrogen) atoms. The van der Waals surface area contributed by atoms with Crippen molar-refractivity contribution in [3.63, 3.8) is 0 Å². The molecule has 0 fully saturated rings. The summed E-state index contributed by atoms with van der Waals surface area (Å²) in [6, 6.07) is 7.84. The van der Waals surface area contributed by atoms with Crippen molar-refractivity contribution in [2.75, 3.05) is 34.0 Å². The van der Waals surface area contributed by atoms with E-state index < -0.39 is 5.54 Å². The highest BCUT2D eigenvalue weighted by Crippen LogP contribution is 2.30. The van der Waals surface area contributed by atoms with Gasteiger partial charge >= 0.3 is 0 Å².